The number of fused-ring (bicyclic) bond motifs is 6. The fraction of sp³-hybridized carbons (Fsp3) is 0.111. The summed E-state index contributed by atoms with van der Waals surface area (Å²) in [6.45, 7) is 0. The van der Waals surface area contributed by atoms with Crippen LogP contribution in [0.1, 0.15) is 74.7 Å². The van der Waals surface area contributed by atoms with Gasteiger partial charge in [-0.1, -0.05) is 218 Å². The van der Waals surface area contributed by atoms with Crippen molar-refractivity contribution >= 4 is 17.1 Å². The first kappa shape index (κ1) is 37.8. The highest BCUT2D eigenvalue weighted by molar-refractivity contribution is 5.85. The van der Waals surface area contributed by atoms with Gasteiger partial charge in [0, 0.05) is 17.5 Å². The second kappa shape index (κ2) is 15.0. The van der Waals surface area contributed by atoms with Crippen LogP contribution >= 0.6 is 0 Å². The predicted octanol–water partition coefficient (Wildman–Crippen LogP) is 14.9. The van der Waals surface area contributed by atoms with Crippen molar-refractivity contribution in [1.82, 2.24) is 0 Å². The van der Waals surface area contributed by atoms with Crippen LogP contribution in [-0.2, 0) is 10.8 Å². The van der Waals surface area contributed by atoms with Crippen LogP contribution in [0, 0.1) is 0 Å². The van der Waals surface area contributed by atoms with Gasteiger partial charge in [0.05, 0.1) is 22.2 Å². The molecule has 310 valence electrons. The summed E-state index contributed by atoms with van der Waals surface area (Å²) in [5, 5.41) is 3.89. The minimum Gasteiger partial charge on any atom is -0.359 e. The first-order chi connectivity index (χ1) is 32.2. The molecule has 5 atom stereocenters. The lowest BCUT2D eigenvalue weighted by Crippen LogP contribution is -2.44. The van der Waals surface area contributed by atoms with Gasteiger partial charge in [-0.05, 0) is 109 Å². The Hall–Kier alpha value is -7.68. The zero-order valence-electron chi connectivity index (χ0n) is 36.2. The second-order valence-corrected chi connectivity index (χ2v) is 18.3. The SMILES string of the molecule is C1=CCC2C(=C1)C1(c3ccccc3)c3ccccc3C(c3ccccc3)(c3cccc(C4C=CC(C5Nc6ccccc6N5c5ccc(-c6ccccc6)cc5)=CC4)c3)c3cccc2c31. The van der Waals surface area contributed by atoms with E-state index >= 15 is 0 Å². The zero-order valence-corrected chi connectivity index (χ0v) is 36.2. The maximum Gasteiger partial charge on any atom is 0.130 e. The van der Waals surface area contributed by atoms with E-state index in [2.05, 4.69) is 253 Å². The molecule has 4 aliphatic carbocycles. The van der Waals surface area contributed by atoms with Crippen LogP contribution in [0.5, 0.6) is 0 Å². The van der Waals surface area contributed by atoms with E-state index in [1.54, 1.807) is 0 Å². The molecule has 0 bridgehead atoms. The van der Waals surface area contributed by atoms with Gasteiger partial charge in [0.2, 0.25) is 0 Å². The average Bonchev–Trinajstić information content (AvgIpc) is 3.93. The maximum absolute atomic E-state index is 3.89. The number of rotatable bonds is 7. The summed E-state index contributed by atoms with van der Waals surface area (Å²) >= 11 is 0. The summed E-state index contributed by atoms with van der Waals surface area (Å²) < 4.78 is 0. The molecule has 0 saturated carbocycles. The Morgan fingerprint density at radius 2 is 1.15 bits per heavy atom. The molecule has 0 amide bonds. The first-order valence-electron chi connectivity index (χ1n) is 23.3. The number of nitrogens with one attached hydrogen (secondary N) is 1. The third-order valence-electron chi connectivity index (χ3n) is 15.2. The minimum atomic E-state index is -0.547. The molecule has 1 aliphatic heterocycles. The van der Waals surface area contributed by atoms with E-state index < -0.39 is 10.8 Å². The summed E-state index contributed by atoms with van der Waals surface area (Å²) in [4.78, 5) is 2.46. The fourth-order valence-electron chi connectivity index (χ4n) is 12.5. The summed E-state index contributed by atoms with van der Waals surface area (Å²) in [6, 6.07) is 77.3. The zero-order chi connectivity index (χ0) is 43.0. The van der Waals surface area contributed by atoms with Crippen LogP contribution in [0.15, 0.2) is 254 Å². The van der Waals surface area contributed by atoms with Crippen molar-refractivity contribution in [3.8, 4) is 11.1 Å². The largest absolute Gasteiger partial charge is 0.359 e. The standard InChI is InChI=1S/C63H48N2/c1-4-18-43(19-5-1)44-38-40-51(41-39-44)65-59-33-15-14-32-58(59)64-61(65)46-36-34-45(35-37-46)47-20-16-25-50(42-47)62(48-21-6-2-7-22-48)55-29-12-13-30-56(55)63(49-23-8-3-9-24-49)54-28-11-10-26-52(54)53-27-17-31-57(62)60(53)63/h1-25,27-34,36-42,45,52,61,64H,26,35H2. The van der Waals surface area contributed by atoms with Crippen LogP contribution in [0.2, 0.25) is 0 Å². The average molecular weight is 833 g/mol. The fourth-order valence-corrected chi connectivity index (χ4v) is 12.5. The predicted molar refractivity (Wildman–Crippen MR) is 268 cm³/mol. The molecule has 0 fully saturated rings. The molecule has 5 unspecified atom stereocenters. The smallest absolute Gasteiger partial charge is 0.130 e. The van der Waals surface area contributed by atoms with E-state index in [4.69, 9.17) is 0 Å². The second-order valence-electron chi connectivity index (χ2n) is 18.3. The van der Waals surface area contributed by atoms with Gasteiger partial charge in [-0.15, -0.1) is 0 Å². The molecular weight excluding hydrogens is 785 g/mol. The molecule has 0 radical (unpaired) electrons. The highest BCUT2D eigenvalue weighted by Crippen LogP contribution is 2.67. The van der Waals surface area contributed by atoms with Gasteiger partial charge in [0.25, 0.3) is 0 Å². The Morgan fingerprint density at radius 3 is 1.91 bits per heavy atom. The molecule has 5 aliphatic rings. The van der Waals surface area contributed by atoms with Crippen molar-refractivity contribution in [3.05, 3.63) is 304 Å². The van der Waals surface area contributed by atoms with Crippen molar-refractivity contribution in [1.29, 1.82) is 0 Å². The summed E-state index contributed by atoms with van der Waals surface area (Å²) in [5.74, 6) is 0.554. The van der Waals surface area contributed by atoms with Gasteiger partial charge >= 0.3 is 0 Å². The molecule has 0 saturated heterocycles. The molecule has 2 nitrogen and oxygen atoms in total. The van der Waals surface area contributed by atoms with Crippen LogP contribution in [0.3, 0.4) is 0 Å². The molecule has 2 heteroatoms. The number of allylic oxidation sites excluding steroid dienone is 6. The van der Waals surface area contributed by atoms with Gasteiger partial charge in [0.1, 0.15) is 6.17 Å². The van der Waals surface area contributed by atoms with Gasteiger partial charge < -0.3 is 10.2 Å². The Labute approximate surface area is 382 Å². The molecule has 1 heterocycles. The van der Waals surface area contributed by atoms with Crippen LogP contribution in [0.4, 0.5) is 17.1 Å². The molecule has 0 aromatic heterocycles. The van der Waals surface area contributed by atoms with E-state index in [0.717, 1.165) is 18.5 Å². The van der Waals surface area contributed by atoms with Gasteiger partial charge in [-0.25, -0.2) is 0 Å². The minimum absolute atomic E-state index is 0.0161. The number of nitrogens with zero attached hydrogens (tertiary/aromatic N) is 1. The molecule has 65 heavy (non-hydrogen) atoms. The molecule has 8 aromatic carbocycles. The van der Waals surface area contributed by atoms with Crippen LogP contribution in [0.25, 0.3) is 11.1 Å². The summed E-state index contributed by atoms with van der Waals surface area (Å²) in [6.07, 6.45) is 16.3. The van der Waals surface area contributed by atoms with Crippen LogP contribution < -0.4 is 10.2 Å². The van der Waals surface area contributed by atoms with E-state index in [9.17, 15) is 0 Å². The third kappa shape index (κ3) is 5.53. The van der Waals surface area contributed by atoms with E-state index in [-0.39, 0.29) is 12.1 Å². The number of hydrogen-bond acceptors (Lipinski definition) is 2. The van der Waals surface area contributed by atoms with Gasteiger partial charge in [-0.2, -0.15) is 0 Å². The third-order valence-corrected chi connectivity index (χ3v) is 15.2. The lowest BCUT2D eigenvalue weighted by atomic mass is 9.51. The van der Waals surface area contributed by atoms with E-state index in [1.165, 1.54) is 83.7 Å². The van der Waals surface area contributed by atoms with Gasteiger partial charge in [0.15, 0.2) is 0 Å². The van der Waals surface area contributed by atoms with Crippen molar-refractivity contribution in [3.63, 3.8) is 0 Å². The van der Waals surface area contributed by atoms with Crippen molar-refractivity contribution < 1.29 is 0 Å². The quantitative estimate of drug-likeness (QED) is 0.172. The molecular formula is C63H48N2. The maximum atomic E-state index is 3.89. The Morgan fingerprint density at radius 1 is 0.523 bits per heavy atom. The number of para-hydroxylation sites is 2. The topological polar surface area (TPSA) is 15.3 Å². The van der Waals surface area contributed by atoms with Crippen LogP contribution in [-0.4, -0.2) is 6.17 Å². The molecule has 0 spiro atoms. The lowest BCUT2D eigenvalue weighted by Gasteiger charge is -2.50. The van der Waals surface area contributed by atoms with E-state index in [0.29, 0.717) is 5.92 Å². The first-order valence-corrected chi connectivity index (χ1v) is 23.3. The summed E-state index contributed by atoms with van der Waals surface area (Å²) in [7, 11) is 0. The van der Waals surface area contributed by atoms with Crippen molar-refractivity contribution in [2.45, 2.75) is 41.7 Å². The highest BCUT2D eigenvalue weighted by Gasteiger charge is 2.59. The number of hydrogen-bond donors (Lipinski definition) is 1. The highest BCUT2D eigenvalue weighted by atomic mass is 15.3. The molecule has 13 rings (SSSR count). The Kier molecular flexibility index (Phi) is 8.71. The monoisotopic (exact) mass is 832 g/mol. The van der Waals surface area contributed by atoms with E-state index in [1.807, 2.05) is 0 Å². The lowest BCUT2D eigenvalue weighted by molar-refractivity contribution is 0.610. The number of benzene rings is 8. The molecule has 8 aromatic rings. The Bertz CT molecular complexity index is 3250. The molecule has 1 N–H and O–H groups in total. The Balaban J connectivity index is 0.917. The normalized spacial score (nSPS) is 23.1. The van der Waals surface area contributed by atoms with Crippen molar-refractivity contribution in [2.24, 2.45) is 0 Å². The van der Waals surface area contributed by atoms with Crippen molar-refractivity contribution in [2.75, 3.05) is 10.2 Å². The summed E-state index contributed by atoms with van der Waals surface area (Å²) in [5.41, 5.74) is 20.2. The number of anilines is 3. The van der Waals surface area contributed by atoms with Gasteiger partial charge in [-0.3, -0.25) is 0 Å².